The van der Waals surface area contributed by atoms with Gasteiger partial charge in [0.15, 0.2) is 5.78 Å². The second-order valence-electron chi connectivity index (χ2n) is 7.14. The Bertz CT molecular complexity index is 466. The van der Waals surface area contributed by atoms with Crippen LogP contribution in [0.1, 0.15) is 6.92 Å². The van der Waals surface area contributed by atoms with E-state index in [4.69, 9.17) is 91.9 Å². The van der Waals surface area contributed by atoms with Gasteiger partial charge in [-0.3, -0.25) is 4.79 Å². The minimum Gasteiger partial charge on any atom is -0.397 e. The first kappa shape index (κ1) is 47.7. The van der Waals surface area contributed by atoms with Crippen molar-refractivity contribution < 1.29 is 96.7 Å². The van der Waals surface area contributed by atoms with E-state index in [2.05, 4.69) is 0 Å². The van der Waals surface area contributed by atoms with Crippen molar-refractivity contribution in [1.82, 2.24) is 0 Å². The first-order chi connectivity index (χ1) is 18.1. The standard InChI is InChI=1S/C6H12O6.C5H12O5.C4H10O4.C3H8O3.C2H6O/c7-1-3(9)5(11)6(12)4(10)2-8;6-1-3(8)5(10)4(9)2-7;5-1-3(7)4(8)2-6;4-1-3(6)2-5;1-2-3/h3,5-9,11-12H,1-2H2;3-10H,1-2H2;3-8H,1-2H2;3-6H,1-2H2;3H,2H2,1H3/t3-,5-,6-;3-,4+,5?;3-,4+;;/m1..../s1. The molecule has 0 bridgehead atoms. The molecule has 39 heavy (non-hydrogen) atoms. The monoisotopic (exact) mass is 592 g/mol. The Kier molecular flexibility index (Phi) is 40.6. The maximum Gasteiger partial charge on any atom is 0.189 e. The molecule has 8 atom stereocenters. The lowest BCUT2D eigenvalue weighted by atomic mass is 10.1. The smallest absolute Gasteiger partial charge is 0.189 e. The number of ketones is 1. The van der Waals surface area contributed by atoms with E-state index in [-0.39, 0.29) is 19.8 Å². The van der Waals surface area contributed by atoms with Gasteiger partial charge in [-0.1, -0.05) is 0 Å². The van der Waals surface area contributed by atoms with Gasteiger partial charge in [0.1, 0.15) is 61.5 Å². The Labute approximate surface area is 224 Å². The van der Waals surface area contributed by atoms with E-state index in [1.54, 1.807) is 6.92 Å². The Morgan fingerprint density at radius 1 is 0.462 bits per heavy atom. The van der Waals surface area contributed by atoms with Crippen molar-refractivity contribution in [2.75, 3.05) is 59.5 Å². The van der Waals surface area contributed by atoms with Gasteiger partial charge in [-0.2, -0.15) is 0 Å². The lowest BCUT2D eigenvalue weighted by molar-refractivity contribution is -0.142. The Morgan fingerprint density at radius 3 is 0.897 bits per heavy atom. The van der Waals surface area contributed by atoms with E-state index >= 15 is 0 Å². The van der Waals surface area contributed by atoms with Crippen molar-refractivity contribution in [2.24, 2.45) is 0 Å². The van der Waals surface area contributed by atoms with Gasteiger partial charge < -0.3 is 91.9 Å². The van der Waals surface area contributed by atoms with Crippen LogP contribution in [-0.2, 0) is 4.79 Å². The van der Waals surface area contributed by atoms with Crippen LogP contribution in [0, 0.1) is 0 Å². The second-order valence-corrected chi connectivity index (χ2v) is 7.14. The number of carbonyl (C=O) groups is 1. The molecule has 18 N–H and O–H groups in total. The van der Waals surface area contributed by atoms with E-state index in [0.717, 1.165) is 0 Å². The highest BCUT2D eigenvalue weighted by Gasteiger charge is 2.29. The van der Waals surface area contributed by atoms with Gasteiger partial charge in [0.2, 0.25) is 0 Å². The molecule has 0 fully saturated rings. The fourth-order valence-electron chi connectivity index (χ4n) is 1.38. The van der Waals surface area contributed by atoms with Crippen LogP contribution in [0.5, 0.6) is 0 Å². The maximum atomic E-state index is 10.5. The summed E-state index contributed by atoms with van der Waals surface area (Å²) >= 11 is 0. The zero-order chi connectivity index (χ0) is 32.1. The third-order valence-electron chi connectivity index (χ3n) is 3.79. The average Bonchev–Trinajstić information content (AvgIpc) is 2.97. The van der Waals surface area contributed by atoms with Gasteiger partial charge in [0, 0.05) is 6.61 Å². The molecule has 0 aliphatic carbocycles. The van der Waals surface area contributed by atoms with Crippen molar-refractivity contribution in [3.05, 3.63) is 0 Å². The quantitative estimate of drug-likeness (QED) is 0.0889. The summed E-state index contributed by atoms with van der Waals surface area (Å²) in [6.45, 7) is -2.82. The molecule has 19 heteroatoms. The van der Waals surface area contributed by atoms with Gasteiger partial charge in [-0.25, -0.2) is 0 Å². The fourth-order valence-corrected chi connectivity index (χ4v) is 1.38. The molecule has 19 nitrogen and oxygen atoms in total. The van der Waals surface area contributed by atoms with E-state index in [0.29, 0.717) is 0 Å². The van der Waals surface area contributed by atoms with Crippen molar-refractivity contribution in [1.29, 1.82) is 0 Å². The summed E-state index contributed by atoms with van der Waals surface area (Å²) in [4.78, 5) is 10.5. The predicted octanol–water partition coefficient (Wildman–Crippen LogP) is -10.3. The van der Waals surface area contributed by atoms with Crippen LogP contribution in [0.25, 0.3) is 0 Å². The normalized spacial score (nSPS) is 16.5. The third kappa shape index (κ3) is 29.8. The Hall–Kier alpha value is -1.05. The van der Waals surface area contributed by atoms with Crippen molar-refractivity contribution in [2.45, 2.75) is 61.9 Å². The Balaban J connectivity index is -0.000000130. The van der Waals surface area contributed by atoms with Crippen LogP contribution in [0.3, 0.4) is 0 Å². The molecule has 0 saturated heterocycles. The summed E-state index contributed by atoms with van der Waals surface area (Å²) in [6, 6.07) is 0. The van der Waals surface area contributed by atoms with Crippen molar-refractivity contribution >= 4 is 5.78 Å². The van der Waals surface area contributed by atoms with Crippen molar-refractivity contribution in [3.63, 3.8) is 0 Å². The molecule has 0 heterocycles. The first-order valence-electron chi connectivity index (χ1n) is 11.2. The fraction of sp³-hybridized carbons (Fsp3) is 0.950. The maximum absolute atomic E-state index is 10.5. The molecule has 0 radical (unpaired) electrons. The van der Waals surface area contributed by atoms with E-state index in [1.165, 1.54) is 0 Å². The van der Waals surface area contributed by atoms with Gasteiger partial charge in [-0.15, -0.1) is 0 Å². The van der Waals surface area contributed by atoms with Gasteiger partial charge in [-0.05, 0) is 6.92 Å². The molecule has 0 rings (SSSR count). The predicted molar refractivity (Wildman–Crippen MR) is 129 cm³/mol. The van der Waals surface area contributed by atoms with Crippen LogP contribution in [0.15, 0.2) is 0 Å². The summed E-state index contributed by atoms with van der Waals surface area (Å²) in [5.74, 6) is -1.00. The highest BCUT2D eigenvalue weighted by atomic mass is 16.4. The average molecular weight is 593 g/mol. The first-order valence-corrected chi connectivity index (χ1v) is 11.2. The zero-order valence-electron chi connectivity index (χ0n) is 21.5. The van der Waals surface area contributed by atoms with Crippen LogP contribution in [0.4, 0.5) is 0 Å². The molecule has 0 amide bonds. The molecule has 0 aliphatic rings. The Morgan fingerprint density at radius 2 is 0.718 bits per heavy atom. The highest BCUT2D eigenvalue weighted by Crippen LogP contribution is 2.00. The van der Waals surface area contributed by atoms with E-state index in [1.807, 2.05) is 0 Å². The number of aliphatic hydroxyl groups is 18. The molecule has 0 aromatic rings. The molecule has 0 saturated carbocycles. The van der Waals surface area contributed by atoms with E-state index < -0.39 is 100 Å². The third-order valence-corrected chi connectivity index (χ3v) is 3.79. The van der Waals surface area contributed by atoms with Gasteiger partial charge >= 0.3 is 0 Å². The number of hydrogen-bond donors (Lipinski definition) is 18. The molecular formula is C20H48O19. The largest absolute Gasteiger partial charge is 0.397 e. The van der Waals surface area contributed by atoms with Crippen LogP contribution in [-0.4, -0.2) is 212 Å². The topological polar surface area (TPSA) is 381 Å². The second kappa shape index (κ2) is 33.2. The number of Topliss-reactive ketones (excluding diaryl/α,β-unsaturated/α-hetero) is 1. The van der Waals surface area contributed by atoms with Gasteiger partial charge in [0.05, 0.1) is 46.2 Å². The van der Waals surface area contributed by atoms with Crippen LogP contribution < -0.4 is 0 Å². The summed E-state index contributed by atoms with van der Waals surface area (Å²) in [6.07, 6.45) is -12.9. The van der Waals surface area contributed by atoms with Gasteiger partial charge in [0.25, 0.3) is 0 Å². The summed E-state index contributed by atoms with van der Waals surface area (Å²) in [7, 11) is 0. The molecule has 242 valence electrons. The molecule has 0 aromatic heterocycles. The van der Waals surface area contributed by atoms with Crippen molar-refractivity contribution in [3.8, 4) is 0 Å². The number of carbonyl (C=O) groups excluding carboxylic acids is 1. The minimum atomic E-state index is -1.86. The summed E-state index contributed by atoms with van der Waals surface area (Å²) in [5, 5.41) is 150. The number of rotatable bonds is 14. The molecule has 0 aromatic carbocycles. The lowest BCUT2D eigenvalue weighted by Gasteiger charge is -2.19. The van der Waals surface area contributed by atoms with E-state index in [9.17, 15) is 4.79 Å². The molecule has 0 spiro atoms. The van der Waals surface area contributed by atoms with Crippen LogP contribution >= 0.6 is 0 Å². The summed E-state index contributed by atoms with van der Waals surface area (Å²) in [5.41, 5.74) is 0. The summed E-state index contributed by atoms with van der Waals surface area (Å²) < 4.78 is 0. The number of aliphatic hydroxyl groups excluding tert-OH is 18. The SMILES string of the molecule is CCO.O=C(CO)[C@@H](O)[C@H](O)[C@H](O)CO.OCC(O)CO.OC[C@@H](O)C(O)[C@@H](O)CO.OC[C@@H](O)[C@@H](O)CO. The number of hydrogen-bond acceptors (Lipinski definition) is 19. The minimum absolute atomic E-state index is 0.250. The highest BCUT2D eigenvalue weighted by molar-refractivity contribution is 5.84. The molecule has 1 unspecified atom stereocenters. The molecular weight excluding hydrogens is 544 g/mol. The zero-order valence-corrected chi connectivity index (χ0v) is 21.5. The van der Waals surface area contributed by atoms with Crippen LogP contribution in [0.2, 0.25) is 0 Å². The lowest BCUT2D eigenvalue weighted by Crippen LogP contribution is -2.44. The molecule has 0 aliphatic heterocycles.